The van der Waals surface area contributed by atoms with Gasteiger partial charge in [-0.3, -0.25) is 4.79 Å². The largest absolute Gasteiger partial charge is 0.376 e. The Balaban J connectivity index is 1.97. The molecule has 5 nitrogen and oxygen atoms in total. The lowest BCUT2D eigenvalue weighted by atomic mass is 10.0. The zero-order chi connectivity index (χ0) is 21.0. The Hall–Kier alpha value is -2.14. The van der Waals surface area contributed by atoms with Gasteiger partial charge in [0.1, 0.15) is 5.82 Å². The number of benzene rings is 1. The van der Waals surface area contributed by atoms with Crippen molar-refractivity contribution in [3.63, 3.8) is 0 Å². The molecule has 0 bridgehead atoms. The van der Waals surface area contributed by atoms with Gasteiger partial charge >= 0.3 is 0 Å². The number of rotatable bonds is 8. The number of nitrogens with zero attached hydrogens (tertiary/aromatic N) is 3. The summed E-state index contributed by atoms with van der Waals surface area (Å²) in [4.78, 5) is 22.4. The maximum atomic E-state index is 13.3. The fourth-order valence-corrected chi connectivity index (χ4v) is 4.25. The van der Waals surface area contributed by atoms with Crippen molar-refractivity contribution in [1.29, 1.82) is 0 Å². The van der Waals surface area contributed by atoms with Gasteiger partial charge in [-0.25, -0.2) is 4.98 Å². The molecule has 1 aromatic heterocycles. The first-order valence-corrected chi connectivity index (χ1v) is 10.9. The summed E-state index contributed by atoms with van der Waals surface area (Å²) >= 11 is 0. The van der Waals surface area contributed by atoms with Gasteiger partial charge in [0.15, 0.2) is 0 Å². The van der Waals surface area contributed by atoms with E-state index in [1.807, 2.05) is 23.9 Å². The highest BCUT2D eigenvalue weighted by Gasteiger charge is 2.27. The zero-order valence-corrected chi connectivity index (χ0v) is 18.6. The lowest BCUT2D eigenvalue weighted by molar-refractivity contribution is -0.138. The number of hydrogen-bond acceptors (Lipinski definition) is 4. The van der Waals surface area contributed by atoms with Crippen LogP contribution in [0.15, 0.2) is 24.3 Å². The van der Waals surface area contributed by atoms with Crippen LogP contribution in [0, 0.1) is 12.8 Å². The van der Waals surface area contributed by atoms with Gasteiger partial charge in [0, 0.05) is 50.7 Å². The molecule has 1 aliphatic rings. The van der Waals surface area contributed by atoms with E-state index in [1.54, 1.807) is 0 Å². The van der Waals surface area contributed by atoms with Crippen molar-refractivity contribution in [2.24, 2.45) is 5.92 Å². The number of ether oxygens (including phenoxy) is 1. The second-order valence-corrected chi connectivity index (χ2v) is 8.38. The summed E-state index contributed by atoms with van der Waals surface area (Å²) in [7, 11) is 4.03. The number of fused-ring (bicyclic) bond motifs is 1. The zero-order valence-electron chi connectivity index (χ0n) is 18.6. The molecule has 1 atom stereocenters. The average Bonchev–Trinajstić information content (AvgIpc) is 3.21. The van der Waals surface area contributed by atoms with Crippen molar-refractivity contribution in [3.05, 3.63) is 35.4 Å². The van der Waals surface area contributed by atoms with Crippen LogP contribution in [0.4, 0.5) is 5.82 Å². The van der Waals surface area contributed by atoms with E-state index in [0.717, 1.165) is 54.6 Å². The quantitative estimate of drug-likeness (QED) is 0.655. The second-order valence-electron chi connectivity index (χ2n) is 8.38. The van der Waals surface area contributed by atoms with Crippen molar-refractivity contribution in [1.82, 2.24) is 9.88 Å². The summed E-state index contributed by atoms with van der Waals surface area (Å²) in [6.07, 6.45) is 3.99. The average molecular weight is 398 g/mol. The Morgan fingerprint density at radius 1 is 1.28 bits per heavy atom. The van der Waals surface area contributed by atoms with Crippen LogP contribution in [0.25, 0.3) is 10.9 Å². The van der Waals surface area contributed by atoms with Crippen molar-refractivity contribution >= 4 is 22.6 Å². The molecule has 1 fully saturated rings. The van der Waals surface area contributed by atoms with E-state index in [0.29, 0.717) is 13.1 Å². The van der Waals surface area contributed by atoms with Gasteiger partial charge in [-0.2, -0.15) is 0 Å². The molecule has 0 radical (unpaired) electrons. The van der Waals surface area contributed by atoms with Gasteiger partial charge in [0.25, 0.3) is 0 Å². The molecule has 0 spiro atoms. The minimum absolute atomic E-state index is 0.0647. The van der Waals surface area contributed by atoms with Gasteiger partial charge in [-0.1, -0.05) is 32.0 Å². The standard InChI is InChI=1S/C24H35N3O2/c1-6-18(7-2)24(28)27(16-21-12-9-13-29-21)15-20-14-19-11-8-10-17(3)22(19)25-23(20)26(4)5/h8,10-11,14,18,21H,6-7,9,12-13,15-16H2,1-5H3/t21-/m1/s1. The summed E-state index contributed by atoms with van der Waals surface area (Å²) in [6.45, 7) is 8.32. The van der Waals surface area contributed by atoms with Crippen LogP contribution in [-0.4, -0.2) is 49.1 Å². The summed E-state index contributed by atoms with van der Waals surface area (Å²) in [5, 5.41) is 1.12. The Morgan fingerprint density at radius 2 is 2.03 bits per heavy atom. The SMILES string of the molecule is CCC(CC)C(=O)N(Cc1cc2cccc(C)c2nc1N(C)C)C[C@H]1CCCO1. The Labute approximate surface area is 175 Å². The predicted octanol–water partition coefficient (Wildman–Crippen LogP) is 4.55. The molecule has 0 saturated carbocycles. The number of para-hydroxylation sites is 1. The van der Waals surface area contributed by atoms with E-state index in [9.17, 15) is 4.79 Å². The molecule has 3 rings (SSSR count). The van der Waals surface area contributed by atoms with Crippen molar-refractivity contribution in [3.8, 4) is 0 Å². The number of anilines is 1. The fourth-order valence-electron chi connectivity index (χ4n) is 4.25. The van der Waals surface area contributed by atoms with Crippen LogP contribution in [0.5, 0.6) is 0 Å². The predicted molar refractivity (Wildman–Crippen MR) is 119 cm³/mol. The monoisotopic (exact) mass is 397 g/mol. The van der Waals surface area contributed by atoms with E-state index in [2.05, 4.69) is 45.0 Å². The molecule has 5 heteroatoms. The Bertz CT molecular complexity index is 839. The van der Waals surface area contributed by atoms with Crippen LogP contribution in [0.1, 0.15) is 50.7 Å². The third-order valence-corrected chi connectivity index (χ3v) is 5.98. The van der Waals surface area contributed by atoms with Crippen LogP contribution in [0.3, 0.4) is 0 Å². The van der Waals surface area contributed by atoms with E-state index < -0.39 is 0 Å². The summed E-state index contributed by atoms with van der Waals surface area (Å²) in [6, 6.07) is 8.46. The first-order valence-electron chi connectivity index (χ1n) is 10.9. The van der Waals surface area contributed by atoms with Crippen LogP contribution in [-0.2, 0) is 16.1 Å². The highest BCUT2D eigenvalue weighted by molar-refractivity contribution is 5.85. The summed E-state index contributed by atoms with van der Waals surface area (Å²) in [5.74, 6) is 1.23. The second kappa shape index (κ2) is 9.57. The van der Waals surface area contributed by atoms with Crippen molar-refractivity contribution < 1.29 is 9.53 Å². The van der Waals surface area contributed by atoms with E-state index in [1.165, 1.54) is 5.56 Å². The first-order chi connectivity index (χ1) is 13.9. The number of hydrogen-bond donors (Lipinski definition) is 0. The smallest absolute Gasteiger partial charge is 0.226 e. The molecule has 158 valence electrons. The maximum absolute atomic E-state index is 13.3. The van der Waals surface area contributed by atoms with Gasteiger partial charge in [0.2, 0.25) is 5.91 Å². The molecule has 0 aliphatic carbocycles. The van der Waals surface area contributed by atoms with E-state index >= 15 is 0 Å². The van der Waals surface area contributed by atoms with Crippen LogP contribution in [0.2, 0.25) is 0 Å². The number of aromatic nitrogens is 1. The molecule has 2 heterocycles. The van der Waals surface area contributed by atoms with Crippen molar-refractivity contribution in [2.45, 2.75) is 59.1 Å². The lowest BCUT2D eigenvalue weighted by Gasteiger charge is -2.30. The molecule has 29 heavy (non-hydrogen) atoms. The summed E-state index contributed by atoms with van der Waals surface area (Å²) < 4.78 is 5.86. The first kappa shape index (κ1) is 21.6. The topological polar surface area (TPSA) is 45.7 Å². The number of amides is 1. The fraction of sp³-hybridized carbons (Fsp3) is 0.583. The molecule has 1 saturated heterocycles. The van der Waals surface area contributed by atoms with Crippen molar-refractivity contribution in [2.75, 3.05) is 32.1 Å². The number of carbonyl (C=O) groups excluding carboxylic acids is 1. The Kier molecular flexibility index (Phi) is 7.12. The minimum atomic E-state index is 0.0647. The van der Waals surface area contributed by atoms with Gasteiger partial charge in [-0.05, 0) is 44.2 Å². The third kappa shape index (κ3) is 4.89. The molecule has 0 N–H and O–H groups in total. The lowest BCUT2D eigenvalue weighted by Crippen LogP contribution is -2.40. The van der Waals surface area contributed by atoms with Gasteiger partial charge in [0.05, 0.1) is 11.6 Å². The molecule has 1 aliphatic heterocycles. The molecular formula is C24H35N3O2. The normalized spacial score (nSPS) is 16.6. The number of carbonyl (C=O) groups is 1. The number of pyridine rings is 1. The number of aryl methyl sites for hydroxylation is 1. The highest BCUT2D eigenvalue weighted by atomic mass is 16.5. The van der Waals surface area contributed by atoms with Crippen LogP contribution < -0.4 is 4.90 Å². The van der Waals surface area contributed by atoms with E-state index in [-0.39, 0.29) is 17.9 Å². The van der Waals surface area contributed by atoms with Gasteiger partial charge < -0.3 is 14.5 Å². The summed E-state index contributed by atoms with van der Waals surface area (Å²) in [5.41, 5.74) is 3.28. The molecule has 2 aromatic rings. The minimum Gasteiger partial charge on any atom is -0.376 e. The van der Waals surface area contributed by atoms with E-state index in [4.69, 9.17) is 9.72 Å². The third-order valence-electron chi connectivity index (χ3n) is 5.98. The Morgan fingerprint density at radius 3 is 2.66 bits per heavy atom. The molecule has 1 amide bonds. The molecule has 1 aromatic carbocycles. The maximum Gasteiger partial charge on any atom is 0.226 e. The molecular weight excluding hydrogens is 362 g/mol. The van der Waals surface area contributed by atoms with Gasteiger partial charge in [-0.15, -0.1) is 0 Å². The molecule has 0 unspecified atom stereocenters. The van der Waals surface area contributed by atoms with Crippen LogP contribution >= 0.6 is 0 Å². The highest BCUT2D eigenvalue weighted by Crippen LogP contribution is 2.27.